The van der Waals surface area contributed by atoms with E-state index in [4.69, 9.17) is 9.47 Å². The Morgan fingerprint density at radius 3 is 2.58 bits per heavy atom. The number of benzene rings is 1. The summed E-state index contributed by atoms with van der Waals surface area (Å²) < 4.78 is 11.0. The lowest BCUT2D eigenvalue weighted by molar-refractivity contribution is 0.339. The molecule has 0 saturated carbocycles. The predicted molar refractivity (Wildman–Crippen MR) is 82.0 cm³/mol. The van der Waals surface area contributed by atoms with Gasteiger partial charge in [0.15, 0.2) is 0 Å². The molecule has 19 heavy (non-hydrogen) atoms. The summed E-state index contributed by atoms with van der Waals surface area (Å²) in [4.78, 5) is 4.02. The van der Waals surface area contributed by atoms with Crippen LogP contribution in [0, 0.1) is 0 Å². The second kappa shape index (κ2) is 11.1. The van der Waals surface area contributed by atoms with Gasteiger partial charge in [0.05, 0.1) is 6.61 Å². The monoisotopic (exact) mass is 261 g/mol. The van der Waals surface area contributed by atoms with E-state index in [0.717, 1.165) is 5.75 Å². The van der Waals surface area contributed by atoms with E-state index in [2.05, 4.69) is 11.6 Å². The molecule has 0 aromatic heterocycles. The van der Waals surface area contributed by atoms with Crippen molar-refractivity contribution in [1.29, 1.82) is 0 Å². The standard InChI is InChI=1S/C14H17NO2.C2H6/c1-4-8-14(15-5-2)17-13-10-7-9-12(11-13)16-6-3;1-2/h4-5,7-11H,2,6H2,1,3H3;1-2H3/b8-4-,15-14?;. The summed E-state index contributed by atoms with van der Waals surface area (Å²) >= 11 is 0. The summed E-state index contributed by atoms with van der Waals surface area (Å²) in [5.41, 5.74) is 0. The third kappa shape index (κ3) is 7.09. The lowest BCUT2D eigenvalue weighted by Crippen LogP contribution is -2.04. The highest BCUT2D eigenvalue weighted by molar-refractivity contribution is 5.89. The zero-order valence-electron chi connectivity index (χ0n) is 12.2. The highest BCUT2D eigenvalue weighted by Gasteiger charge is 2.00. The lowest BCUT2D eigenvalue weighted by atomic mass is 10.3. The molecular weight excluding hydrogens is 238 g/mol. The number of allylic oxidation sites excluding steroid dienone is 1. The van der Waals surface area contributed by atoms with Crippen molar-refractivity contribution in [2.75, 3.05) is 6.61 Å². The van der Waals surface area contributed by atoms with Crippen molar-refractivity contribution >= 4 is 5.90 Å². The van der Waals surface area contributed by atoms with Crippen LogP contribution in [-0.2, 0) is 0 Å². The largest absolute Gasteiger partial charge is 0.494 e. The number of rotatable bonds is 5. The van der Waals surface area contributed by atoms with Crippen molar-refractivity contribution < 1.29 is 9.47 Å². The Kier molecular flexibility index (Phi) is 9.90. The van der Waals surface area contributed by atoms with E-state index in [1.807, 2.05) is 58.0 Å². The zero-order valence-corrected chi connectivity index (χ0v) is 12.2. The topological polar surface area (TPSA) is 30.8 Å². The molecule has 0 atom stereocenters. The van der Waals surface area contributed by atoms with Gasteiger partial charge in [0.1, 0.15) is 11.5 Å². The van der Waals surface area contributed by atoms with Crippen LogP contribution in [0.3, 0.4) is 0 Å². The van der Waals surface area contributed by atoms with E-state index in [-0.39, 0.29) is 0 Å². The van der Waals surface area contributed by atoms with Crippen LogP contribution in [-0.4, -0.2) is 12.5 Å². The minimum atomic E-state index is 0.496. The highest BCUT2D eigenvalue weighted by Crippen LogP contribution is 2.19. The molecular formula is C16H23NO2. The molecule has 3 heteroatoms. The lowest BCUT2D eigenvalue weighted by Gasteiger charge is -2.07. The maximum atomic E-state index is 5.59. The predicted octanol–water partition coefficient (Wildman–Crippen LogP) is 4.61. The summed E-state index contributed by atoms with van der Waals surface area (Å²) in [5, 5.41) is 0. The van der Waals surface area contributed by atoms with Crippen molar-refractivity contribution in [3.05, 3.63) is 49.2 Å². The summed E-state index contributed by atoms with van der Waals surface area (Å²) in [7, 11) is 0. The summed E-state index contributed by atoms with van der Waals surface area (Å²) in [6.07, 6.45) is 5.07. The van der Waals surface area contributed by atoms with Crippen LogP contribution >= 0.6 is 0 Å². The molecule has 3 nitrogen and oxygen atoms in total. The molecule has 0 bridgehead atoms. The molecule has 104 valence electrons. The van der Waals surface area contributed by atoms with E-state index < -0.39 is 0 Å². The Balaban J connectivity index is 0.00000154. The molecule has 0 radical (unpaired) electrons. The van der Waals surface area contributed by atoms with Crippen molar-refractivity contribution in [3.8, 4) is 11.5 Å². The van der Waals surface area contributed by atoms with Crippen LogP contribution in [0.5, 0.6) is 11.5 Å². The van der Waals surface area contributed by atoms with E-state index in [1.54, 1.807) is 6.08 Å². The van der Waals surface area contributed by atoms with Gasteiger partial charge in [0, 0.05) is 12.3 Å². The van der Waals surface area contributed by atoms with Crippen LogP contribution in [0.25, 0.3) is 0 Å². The fourth-order valence-electron chi connectivity index (χ4n) is 1.25. The molecule has 1 rings (SSSR count). The van der Waals surface area contributed by atoms with Crippen LogP contribution in [0.2, 0.25) is 0 Å². The van der Waals surface area contributed by atoms with Gasteiger partial charge in [-0.15, -0.1) is 0 Å². The number of nitrogens with zero attached hydrogens (tertiary/aromatic N) is 1. The van der Waals surface area contributed by atoms with Crippen molar-refractivity contribution in [3.63, 3.8) is 0 Å². The van der Waals surface area contributed by atoms with Gasteiger partial charge in [-0.25, -0.2) is 4.99 Å². The van der Waals surface area contributed by atoms with Crippen molar-refractivity contribution in [2.45, 2.75) is 27.7 Å². The van der Waals surface area contributed by atoms with Crippen LogP contribution in [0.1, 0.15) is 27.7 Å². The Labute approximate surface area is 116 Å². The smallest absolute Gasteiger partial charge is 0.218 e. The van der Waals surface area contributed by atoms with Gasteiger partial charge < -0.3 is 9.47 Å². The van der Waals surface area contributed by atoms with Crippen LogP contribution < -0.4 is 9.47 Å². The highest BCUT2D eigenvalue weighted by atomic mass is 16.5. The minimum Gasteiger partial charge on any atom is -0.494 e. The zero-order chi connectivity index (χ0) is 14.5. The molecule has 1 aromatic rings. The Morgan fingerprint density at radius 2 is 2.00 bits per heavy atom. The summed E-state index contributed by atoms with van der Waals surface area (Å²) in [5.74, 6) is 1.97. The first-order valence-electron chi connectivity index (χ1n) is 6.52. The van der Waals surface area contributed by atoms with E-state index in [9.17, 15) is 0 Å². The van der Waals surface area contributed by atoms with E-state index in [1.165, 1.54) is 6.20 Å². The minimum absolute atomic E-state index is 0.496. The van der Waals surface area contributed by atoms with Gasteiger partial charge in [-0.2, -0.15) is 0 Å². The summed E-state index contributed by atoms with van der Waals surface area (Å²) in [6, 6.07) is 7.44. The number of ether oxygens (including phenoxy) is 2. The first-order valence-corrected chi connectivity index (χ1v) is 6.52. The number of hydrogen-bond acceptors (Lipinski definition) is 3. The van der Waals surface area contributed by atoms with Crippen molar-refractivity contribution in [2.24, 2.45) is 4.99 Å². The maximum absolute atomic E-state index is 5.59. The molecule has 0 amide bonds. The SMILES string of the molecule is C=CN=C(/C=C\C)Oc1cccc(OCC)c1.CC. The van der Waals surface area contributed by atoms with Crippen LogP contribution in [0.15, 0.2) is 54.2 Å². The van der Waals surface area contributed by atoms with Gasteiger partial charge >= 0.3 is 0 Å². The third-order valence-electron chi connectivity index (χ3n) is 1.87. The van der Waals surface area contributed by atoms with Gasteiger partial charge in [-0.3, -0.25) is 0 Å². The first-order chi connectivity index (χ1) is 9.30. The van der Waals surface area contributed by atoms with E-state index >= 15 is 0 Å². The second-order valence-corrected chi connectivity index (χ2v) is 3.16. The maximum Gasteiger partial charge on any atom is 0.218 e. The van der Waals surface area contributed by atoms with Gasteiger partial charge in [0.2, 0.25) is 5.90 Å². The molecule has 1 aromatic carbocycles. The molecule has 0 heterocycles. The van der Waals surface area contributed by atoms with Gasteiger partial charge in [0.25, 0.3) is 0 Å². The Bertz CT molecular complexity index is 423. The summed E-state index contributed by atoms with van der Waals surface area (Å²) in [6.45, 7) is 12.0. The molecule has 0 N–H and O–H groups in total. The molecule has 0 spiro atoms. The number of aliphatic imine (C=N–C) groups is 1. The van der Waals surface area contributed by atoms with E-state index in [0.29, 0.717) is 18.3 Å². The quantitative estimate of drug-likeness (QED) is 0.572. The fraction of sp³-hybridized carbons (Fsp3) is 0.312. The molecule has 0 aliphatic heterocycles. The second-order valence-electron chi connectivity index (χ2n) is 3.16. The Hall–Kier alpha value is -2.03. The van der Waals surface area contributed by atoms with Crippen molar-refractivity contribution in [1.82, 2.24) is 0 Å². The molecule has 0 unspecified atom stereocenters. The van der Waals surface area contributed by atoms with Crippen LogP contribution in [0.4, 0.5) is 0 Å². The molecule has 0 fully saturated rings. The first kappa shape index (κ1) is 17.0. The fourth-order valence-corrected chi connectivity index (χ4v) is 1.25. The van der Waals surface area contributed by atoms with Gasteiger partial charge in [-0.05, 0) is 32.1 Å². The van der Waals surface area contributed by atoms with Gasteiger partial charge in [-0.1, -0.05) is 32.6 Å². The average molecular weight is 261 g/mol. The average Bonchev–Trinajstić information content (AvgIpc) is 2.42. The normalized spacial score (nSPS) is 10.6. The Morgan fingerprint density at radius 1 is 1.32 bits per heavy atom. The third-order valence-corrected chi connectivity index (χ3v) is 1.87. The molecule has 0 aliphatic carbocycles. The molecule has 0 saturated heterocycles. The molecule has 0 aliphatic rings. The number of hydrogen-bond donors (Lipinski definition) is 0.